The Morgan fingerprint density at radius 1 is 1.16 bits per heavy atom. The number of carbonyl (C=O) groups is 1. The minimum absolute atomic E-state index is 0.134. The first-order chi connectivity index (χ1) is 15.6. The smallest absolute Gasteiger partial charge is 0.220 e. The average molecular weight is 436 g/mol. The van der Waals surface area contributed by atoms with Crippen LogP contribution in [0.4, 0.5) is 0 Å². The molecular formula is C26H33N3O3. The summed E-state index contributed by atoms with van der Waals surface area (Å²) in [7, 11) is 0. The summed E-state index contributed by atoms with van der Waals surface area (Å²) in [5.41, 5.74) is 3.36. The van der Waals surface area contributed by atoms with Gasteiger partial charge < -0.3 is 14.8 Å². The Morgan fingerprint density at radius 2 is 1.94 bits per heavy atom. The van der Waals surface area contributed by atoms with Gasteiger partial charge in [-0.05, 0) is 49.1 Å². The lowest BCUT2D eigenvalue weighted by Crippen LogP contribution is -2.38. The average Bonchev–Trinajstić information content (AvgIpc) is 3.19. The number of hydrogen-bond donors (Lipinski definition) is 1. The summed E-state index contributed by atoms with van der Waals surface area (Å²) < 4.78 is 11.9. The first-order valence-corrected chi connectivity index (χ1v) is 11.2. The molecule has 0 radical (unpaired) electrons. The molecule has 0 bridgehead atoms. The van der Waals surface area contributed by atoms with Crippen LogP contribution in [0.25, 0.3) is 0 Å². The van der Waals surface area contributed by atoms with E-state index in [2.05, 4.69) is 40.5 Å². The molecule has 2 aromatic rings. The van der Waals surface area contributed by atoms with Crippen LogP contribution in [-0.2, 0) is 24.3 Å². The zero-order chi connectivity index (χ0) is 22.8. The Balaban J connectivity index is 1.87. The number of amides is 1. The van der Waals surface area contributed by atoms with Gasteiger partial charge in [0.25, 0.3) is 0 Å². The molecule has 0 unspecified atom stereocenters. The van der Waals surface area contributed by atoms with E-state index < -0.39 is 0 Å². The van der Waals surface area contributed by atoms with Crippen LogP contribution < -0.4 is 14.8 Å². The molecule has 170 valence electrons. The van der Waals surface area contributed by atoms with Crippen molar-refractivity contribution in [2.24, 2.45) is 0 Å². The lowest BCUT2D eigenvalue weighted by molar-refractivity contribution is -0.119. The summed E-state index contributed by atoms with van der Waals surface area (Å²) in [6, 6.07) is 8.44. The largest absolute Gasteiger partial charge is 0.490 e. The molecule has 0 aliphatic carbocycles. The number of nitrogens with zero attached hydrogens (tertiary/aromatic N) is 2. The van der Waals surface area contributed by atoms with Gasteiger partial charge in [0.1, 0.15) is 6.61 Å². The van der Waals surface area contributed by atoms with E-state index in [9.17, 15) is 4.79 Å². The van der Waals surface area contributed by atoms with E-state index in [1.165, 1.54) is 5.56 Å². The zero-order valence-electron chi connectivity index (χ0n) is 18.9. The van der Waals surface area contributed by atoms with E-state index in [1.807, 2.05) is 37.5 Å². The fraction of sp³-hybridized carbons (Fsp3) is 0.385. The Bertz CT molecular complexity index is 914. The van der Waals surface area contributed by atoms with E-state index in [0.717, 1.165) is 48.7 Å². The SMILES string of the molecule is C=CCOc1c(CC=C)cc(CN(Cc2ccncc2)C[C@@H]2CCC(=O)N2)cc1OCC. The number of allylic oxidation sites excluding steroid dienone is 1. The lowest BCUT2D eigenvalue weighted by Gasteiger charge is -2.26. The second kappa shape index (κ2) is 12.1. The Kier molecular flexibility index (Phi) is 8.87. The van der Waals surface area contributed by atoms with Gasteiger partial charge in [0.15, 0.2) is 11.5 Å². The number of aromatic nitrogens is 1. The van der Waals surface area contributed by atoms with Gasteiger partial charge in [-0.15, -0.1) is 6.58 Å². The van der Waals surface area contributed by atoms with Crippen molar-refractivity contribution in [3.05, 3.63) is 78.7 Å². The third kappa shape index (κ3) is 6.69. The standard InChI is InChI=1S/C26H33N3O3/c1-4-7-22-15-21(16-24(31-6-3)26(22)32-14-5-2)18-29(17-20-10-12-27-13-11-20)19-23-8-9-25(30)28-23/h4-5,10-13,15-16,23H,1-2,6-9,14,17-19H2,3H3,(H,28,30)/t23-/m0/s1. The van der Waals surface area contributed by atoms with Gasteiger partial charge in [-0.25, -0.2) is 0 Å². The fourth-order valence-corrected chi connectivity index (χ4v) is 4.01. The Morgan fingerprint density at radius 3 is 2.59 bits per heavy atom. The predicted molar refractivity (Wildman–Crippen MR) is 127 cm³/mol. The second-order valence-corrected chi connectivity index (χ2v) is 7.94. The number of benzene rings is 1. The van der Waals surface area contributed by atoms with Crippen molar-refractivity contribution < 1.29 is 14.3 Å². The van der Waals surface area contributed by atoms with E-state index in [-0.39, 0.29) is 11.9 Å². The van der Waals surface area contributed by atoms with Crippen molar-refractivity contribution in [1.29, 1.82) is 0 Å². The van der Waals surface area contributed by atoms with Crippen LogP contribution in [0.2, 0.25) is 0 Å². The molecule has 1 amide bonds. The molecule has 0 saturated carbocycles. The highest BCUT2D eigenvalue weighted by atomic mass is 16.5. The maximum Gasteiger partial charge on any atom is 0.220 e. The molecule has 1 aromatic carbocycles. The van der Waals surface area contributed by atoms with Gasteiger partial charge in [0.2, 0.25) is 5.91 Å². The van der Waals surface area contributed by atoms with Gasteiger partial charge in [-0.3, -0.25) is 14.7 Å². The Hall–Kier alpha value is -3.12. The van der Waals surface area contributed by atoms with Crippen molar-refractivity contribution in [3.8, 4) is 11.5 Å². The molecule has 1 aromatic heterocycles. The molecule has 1 fully saturated rings. The third-order valence-electron chi connectivity index (χ3n) is 5.33. The lowest BCUT2D eigenvalue weighted by atomic mass is 10.0. The summed E-state index contributed by atoms with van der Waals surface area (Å²) in [4.78, 5) is 18.2. The van der Waals surface area contributed by atoms with Crippen LogP contribution in [0.1, 0.15) is 36.5 Å². The van der Waals surface area contributed by atoms with Crippen LogP contribution in [0.5, 0.6) is 11.5 Å². The van der Waals surface area contributed by atoms with Crippen LogP contribution in [0.15, 0.2) is 62.0 Å². The van der Waals surface area contributed by atoms with Crippen molar-refractivity contribution in [2.45, 2.75) is 45.3 Å². The maximum atomic E-state index is 11.7. The monoisotopic (exact) mass is 435 g/mol. The van der Waals surface area contributed by atoms with E-state index >= 15 is 0 Å². The van der Waals surface area contributed by atoms with Gasteiger partial charge in [-0.1, -0.05) is 24.8 Å². The summed E-state index contributed by atoms with van der Waals surface area (Å²) >= 11 is 0. The number of nitrogens with one attached hydrogen (secondary N) is 1. The molecule has 1 N–H and O–H groups in total. The molecule has 1 aliphatic heterocycles. The fourth-order valence-electron chi connectivity index (χ4n) is 4.01. The van der Waals surface area contributed by atoms with Crippen molar-refractivity contribution >= 4 is 5.91 Å². The summed E-state index contributed by atoms with van der Waals surface area (Å²) in [5.74, 6) is 1.62. The van der Waals surface area contributed by atoms with E-state index in [4.69, 9.17) is 9.47 Å². The highest BCUT2D eigenvalue weighted by Gasteiger charge is 2.24. The van der Waals surface area contributed by atoms with Crippen LogP contribution in [0, 0.1) is 0 Å². The molecule has 3 rings (SSSR count). The minimum Gasteiger partial charge on any atom is -0.490 e. The number of pyridine rings is 1. The highest BCUT2D eigenvalue weighted by Crippen LogP contribution is 2.34. The van der Waals surface area contributed by atoms with Crippen molar-refractivity contribution in [2.75, 3.05) is 19.8 Å². The van der Waals surface area contributed by atoms with Crippen molar-refractivity contribution in [1.82, 2.24) is 15.2 Å². The van der Waals surface area contributed by atoms with Gasteiger partial charge in [-0.2, -0.15) is 0 Å². The van der Waals surface area contributed by atoms with Gasteiger partial charge in [0.05, 0.1) is 6.61 Å². The van der Waals surface area contributed by atoms with Gasteiger partial charge in [0, 0.05) is 50.1 Å². The van der Waals surface area contributed by atoms with Crippen molar-refractivity contribution in [3.63, 3.8) is 0 Å². The quantitative estimate of drug-likeness (QED) is 0.481. The predicted octanol–water partition coefficient (Wildman–Crippen LogP) is 4.05. The molecule has 6 heteroatoms. The minimum atomic E-state index is 0.134. The molecule has 1 saturated heterocycles. The molecule has 2 heterocycles. The molecule has 0 spiro atoms. The second-order valence-electron chi connectivity index (χ2n) is 7.94. The topological polar surface area (TPSA) is 63.7 Å². The van der Waals surface area contributed by atoms with E-state index in [0.29, 0.717) is 26.1 Å². The number of rotatable bonds is 13. The molecule has 32 heavy (non-hydrogen) atoms. The Labute approximate surface area is 190 Å². The van der Waals surface area contributed by atoms with Crippen LogP contribution in [-0.4, -0.2) is 41.6 Å². The van der Waals surface area contributed by atoms with Crippen LogP contribution in [0.3, 0.4) is 0 Å². The molecular weight excluding hydrogens is 402 g/mol. The number of hydrogen-bond acceptors (Lipinski definition) is 5. The first-order valence-electron chi connectivity index (χ1n) is 11.2. The molecule has 1 aliphatic rings. The zero-order valence-corrected chi connectivity index (χ0v) is 18.9. The third-order valence-corrected chi connectivity index (χ3v) is 5.33. The highest BCUT2D eigenvalue weighted by molar-refractivity contribution is 5.78. The summed E-state index contributed by atoms with van der Waals surface area (Å²) in [5, 5.41) is 3.09. The summed E-state index contributed by atoms with van der Waals surface area (Å²) in [6.07, 6.45) is 9.38. The molecule has 6 nitrogen and oxygen atoms in total. The number of ether oxygens (including phenoxy) is 2. The van der Waals surface area contributed by atoms with Gasteiger partial charge >= 0.3 is 0 Å². The number of carbonyl (C=O) groups excluding carboxylic acids is 1. The normalized spacial score (nSPS) is 15.4. The molecule has 1 atom stereocenters. The van der Waals surface area contributed by atoms with E-state index in [1.54, 1.807) is 6.08 Å². The summed E-state index contributed by atoms with van der Waals surface area (Å²) in [6.45, 7) is 12.9. The van der Waals surface area contributed by atoms with Crippen LogP contribution >= 0.6 is 0 Å². The first kappa shape index (κ1) is 23.5. The maximum absolute atomic E-state index is 11.7.